The summed E-state index contributed by atoms with van der Waals surface area (Å²) >= 11 is 0. The normalized spacial score (nSPS) is 12.6. The highest BCUT2D eigenvalue weighted by Gasteiger charge is 2.37. The maximum Gasteiger partial charge on any atom is 0.0468 e. The Balaban J connectivity index is 1.01. The van der Waals surface area contributed by atoms with E-state index >= 15 is 0 Å². The third-order valence-corrected chi connectivity index (χ3v) is 12.6. The molecule has 2 heteroatoms. The Morgan fingerprint density at radius 2 is 0.639 bits per heavy atom. The van der Waals surface area contributed by atoms with Crippen LogP contribution in [0.1, 0.15) is 25.0 Å². The summed E-state index contributed by atoms with van der Waals surface area (Å²) in [5.41, 5.74) is 16.6. The van der Waals surface area contributed by atoms with Gasteiger partial charge in [-0.25, -0.2) is 0 Å². The lowest BCUT2D eigenvalue weighted by Crippen LogP contribution is -2.17. The number of benzene rings is 10. The molecule has 1 aliphatic carbocycles. The van der Waals surface area contributed by atoms with E-state index in [1.54, 1.807) is 0 Å². The van der Waals surface area contributed by atoms with Crippen LogP contribution in [0.15, 0.2) is 231 Å². The van der Waals surface area contributed by atoms with Gasteiger partial charge < -0.3 is 9.80 Å². The molecule has 10 aromatic rings. The second kappa shape index (κ2) is 14.9. The number of rotatable bonds is 8. The molecule has 0 bridgehead atoms. The van der Waals surface area contributed by atoms with Crippen molar-refractivity contribution in [2.75, 3.05) is 9.80 Å². The van der Waals surface area contributed by atoms with Crippen LogP contribution in [0.4, 0.5) is 34.1 Å². The number of nitrogens with zero attached hydrogens (tertiary/aromatic N) is 2. The minimum atomic E-state index is -0.251. The Labute approximate surface area is 358 Å². The van der Waals surface area contributed by atoms with E-state index in [9.17, 15) is 0 Å². The molecule has 0 unspecified atom stereocenters. The van der Waals surface area contributed by atoms with Gasteiger partial charge in [-0.2, -0.15) is 0 Å². The van der Waals surface area contributed by atoms with E-state index in [0.717, 1.165) is 34.1 Å². The predicted molar refractivity (Wildman–Crippen MR) is 259 cm³/mol. The molecule has 0 fully saturated rings. The van der Waals surface area contributed by atoms with Gasteiger partial charge in [0.25, 0.3) is 0 Å². The van der Waals surface area contributed by atoms with Crippen LogP contribution in [0.25, 0.3) is 54.9 Å². The second-order valence-electron chi connectivity index (χ2n) is 16.6. The summed E-state index contributed by atoms with van der Waals surface area (Å²) in [6.45, 7) is 4.77. The van der Waals surface area contributed by atoms with Crippen molar-refractivity contribution in [1.29, 1.82) is 0 Å². The first-order valence-corrected chi connectivity index (χ1v) is 21.2. The van der Waals surface area contributed by atoms with Gasteiger partial charge in [-0.05, 0) is 139 Å². The molecule has 0 heterocycles. The van der Waals surface area contributed by atoms with Crippen LogP contribution in [0.3, 0.4) is 0 Å². The fourth-order valence-corrected chi connectivity index (χ4v) is 9.46. The minimum absolute atomic E-state index is 0.251. The molecule has 0 amide bonds. The zero-order valence-corrected chi connectivity index (χ0v) is 34.3. The highest BCUT2D eigenvalue weighted by molar-refractivity contribution is 6.09. The van der Waals surface area contributed by atoms with Crippen LogP contribution in [0.2, 0.25) is 0 Å². The summed E-state index contributed by atoms with van der Waals surface area (Å²) in [7, 11) is 0. The molecule has 0 N–H and O–H groups in total. The van der Waals surface area contributed by atoms with Gasteiger partial charge in [0, 0.05) is 39.5 Å². The Bertz CT molecular complexity index is 3190. The van der Waals surface area contributed by atoms with Crippen molar-refractivity contribution in [3.63, 3.8) is 0 Å². The molecular formula is C59H44N2. The molecule has 61 heavy (non-hydrogen) atoms. The van der Waals surface area contributed by atoms with E-state index in [4.69, 9.17) is 0 Å². The third kappa shape index (κ3) is 6.45. The average molecular weight is 781 g/mol. The summed E-state index contributed by atoms with van der Waals surface area (Å²) in [5, 5.41) is 5.00. The van der Waals surface area contributed by atoms with E-state index < -0.39 is 0 Å². The summed E-state index contributed by atoms with van der Waals surface area (Å²) in [5.74, 6) is 0. The maximum atomic E-state index is 2.44. The second-order valence-corrected chi connectivity index (χ2v) is 16.6. The van der Waals surface area contributed by atoms with Crippen molar-refractivity contribution in [3.05, 3.63) is 242 Å². The monoisotopic (exact) mass is 780 g/mol. The number of fused-ring (bicyclic) bond motifs is 6. The summed E-state index contributed by atoms with van der Waals surface area (Å²) < 4.78 is 0. The van der Waals surface area contributed by atoms with Crippen LogP contribution in [0, 0.1) is 0 Å². The summed E-state index contributed by atoms with van der Waals surface area (Å²) in [4.78, 5) is 4.81. The Morgan fingerprint density at radius 1 is 0.279 bits per heavy atom. The first-order valence-electron chi connectivity index (χ1n) is 21.2. The Kier molecular flexibility index (Phi) is 8.86. The molecule has 0 spiro atoms. The van der Waals surface area contributed by atoms with Gasteiger partial charge in [0.1, 0.15) is 0 Å². The Hall–Kier alpha value is -7.68. The smallest absolute Gasteiger partial charge is 0.0468 e. The molecule has 0 radical (unpaired) electrons. The number of para-hydroxylation sites is 1. The van der Waals surface area contributed by atoms with Gasteiger partial charge in [-0.1, -0.05) is 172 Å². The lowest BCUT2D eigenvalue weighted by molar-refractivity contribution is 0.660. The van der Waals surface area contributed by atoms with Crippen LogP contribution in [0.5, 0.6) is 0 Å². The lowest BCUT2D eigenvalue weighted by Gasteiger charge is -2.29. The highest BCUT2D eigenvalue weighted by atomic mass is 15.1. The van der Waals surface area contributed by atoms with Crippen LogP contribution in [-0.2, 0) is 5.41 Å². The molecule has 1 aliphatic rings. The first-order chi connectivity index (χ1) is 30.0. The average Bonchev–Trinajstić information content (AvgIpc) is 3.55. The summed E-state index contributed by atoms with van der Waals surface area (Å²) in [6, 6.07) is 84.1. The van der Waals surface area contributed by atoms with E-state index in [2.05, 4.69) is 254 Å². The van der Waals surface area contributed by atoms with E-state index in [1.807, 2.05) is 0 Å². The van der Waals surface area contributed by atoms with Crippen molar-refractivity contribution >= 4 is 55.7 Å². The van der Waals surface area contributed by atoms with E-state index in [-0.39, 0.29) is 5.41 Å². The fraction of sp³-hybridized carbons (Fsp3) is 0.0508. The SMILES string of the molecule is CC1(C)c2cc(N(c3ccccc3)c3ccc(-c4ccccc4)cc3)ccc2-c2ccc(N(c3ccc(-c4ccccc4)cc3)c3ccc4ccc5ccccc5c4c3)cc21. The number of anilines is 6. The van der Waals surface area contributed by atoms with Gasteiger partial charge in [-0.15, -0.1) is 0 Å². The molecule has 0 saturated carbocycles. The topological polar surface area (TPSA) is 6.48 Å². The van der Waals surface area contributed by atoms with Crippen molar-refractivity contribution in [3.8, 4) is 33.4 Å². The van der Waals surface area contributed by atoms with Gasteiger partial charge >= 0.3 is 0 Å². The van der Waals surface area contributed by atoms with Gasteiger partial charge in [0.15, 0.2) is 0 Å². The van der Waals surface area contributed by atoms with Crippen LogP contribution < -0.4 is 9.80 Å². The fourth-order valence-electron chi connectivity index (χ4n) is 9.46. The lowest BCUT2D eigenvalue weighted by atomic mass is 9.82. The predicted octanol–water partition coefficient (Wildman–Crippen LogP) is 16.6. The molecule has 2 nitrogen and oxygen atoms in total. The molecule has 290 valence electrons. The van der Waals surface area contributed by atoms with Crippen molar-refractivity contribution in [2.45, 2.75) is 19.3 Å². The zero-order valence-electron chi connectivity index (χ0n) is 34.3. The van der Waals surface area contributed by atoms with Gasteiger partial charge in [0.05, 0.1) is 0 Å². The minimum Gasteiger partial charge on any atom is -0.310 e. The number of hydrogen-bond donors (Lipinski definition) is 0. The molecule has 11 rings (SSSR count). The third-order valence-electron chi connectivity index (χ3n) is 12.6. The van der Waals surface area contributed by atoms with Crippen molar-refractivity contribution < 1.29 is 0 Å². The van der Waals surface area contributed by atoms with Gasteiger partial charge in [0.2, 0.25) is 0 Å². The molecule has 0 aliphatic heterocycles. The molecule has 0 saturated heterocycles. The first kappa shape index (κ1) is 36.4. The standard InChI is InChI=1S/C59H44N2/c1-59(2)57-39-51(60(47-19-10-5-11-20-47)48-29-24-43(25-30-48)41-14-6-3-7-15-41)34-36-54(57)55-37-35-52(40-58(55)59)61(49-31-26-44(27-32-49)42-16-8-4-9-17-42)50-33-28-46-23-22-45-18-12-13-21-53(45)56(46)38-50/h3-40H,1-2H3. The van der Waals surface area contributed by atoms with E-state index in [0.29, 0.717) is 0 Å². The molecule has 10 aromatic carbocycles. The number of hydrogen-bond acceptors (Lipinski definition) is 2. The van der Waals surface area contributed by atoms with E-state index in [1.165, 1.54) is 66.1 Å². The van der Waals surface area contributed by atoms with Crippen molar-refractivity contribution in [2.24, 2.45) is 0 Å². The molecule has 0 aromatic heterocycles. The van der Waals surface area contributed by atoms with Crippen LogP contribution in [-0.4, -0.2) is 0 Å². The molecule has 0 atom stereocenters. The van der Waals surface area contributed by atoms with Crippen LogP contribution >= 0.6 is 0 Å². The summed E-state index contributed by atoms with van der Waals surface area (Å²) in [6.07, 6.45) is 0. The van der Waals surface area contributed by atoms with Crippen molar-refractivity contribution in [1.82, 2.24) is 0 Å². The van der Waals surface area contributed by atoms with Gasteiger partial charge in [-0.3, -0.25) is 0 Å². The quantitative estimate of drug-likeness (QED) is 0.142. The maximum absolute atomic E-state index is 2.44. The zero-order chi connectivity index (χ0) is 40.9. The molecular weight excluding hydrogens is 737 g/mol. The largest absolute Gasteiger partial charge is 0.310 e. The highest BCUT2D eigenvalue weighted by Crippen LogP contribution is 2.52. The Morgan fingerprint density at radius 3 is 1.18 bits per heavy atom.